The zero-order valence-electron chi connectivity index (χ0n) is 16.3. The van der Waals surface area contributed by atoms with Gasteiger partial charge in [-0.1, -0.05) is 42.7 Å². The number of carboxylic acids is 1. The van der Waals surface area contributed by atoms with Crippen LogP contribution in [0.15, 0.2) is 22.9 Å². The van der Waals surface area contributed by atoms with E-state index in [0.717, 1.165) is 6.42 Å². The average Bonchev–Trinajstić information content (AvgIpc) is 2.69. The van der Waals surface area contributed by atoms with Gasteiger partial charge in [-0.3, -0.25) is 4.79 Å². The van der Waals surface area contributed by atoms with Gasteiger partial charge in [0.2, 0.25) is 5.91 Å². The van der Waals surface area contributed by atoms with Gasteiger partial charge in [0.25, 0.3) is 0 Å². The van der Waals surface area contributed by atoms with E-state index in [1.165, 1.54) is 12.3 Å². The molecule has 3 aliphatic rings. The Morgan fingerprint density at radius 3 is 2.55 bits per heavy atom. The molecule has 0 aromatic rings. The lowest BCUT2D eigenvalue weighted by atomic mass is 9.83. The summed E-state index contributed by atoms with van der Waals surface area (Å²) in [6.07, 6.45) is 1.01. The normalized spacial score (nSPS) is 25.2. The van der Waals surface area contributed by atoms with Gasteiger partial charge in [-0.15, -0.1) is 0 Å². The van der Waals surface area contributed by atoms with E-state index < -0.39 is 48.0 Å². The van der Waals surface area contributed by atoms with Crippen molar-refractivity contribution in [1.29, 1.82) is 0 Å². The minimum atomic E-state index is -4.71. The van der Waals surface area contributed by atoms with E-state index in [2.05, 4.69) is 17.2 Å². The molecular weight excluding hydrogens is 439 g/mol. The van der Waals surface area contributed by atoms with Gasteiger partial charge in [-0.05, 0) is 24.8 Å². The molecule has 2 heterocycles. The standard InChI is InChI=1S/C20H21ClF3N3O4/c21-13-8-11(9-25-10-13)6-7-14-15(18(29)30)27(17(14)28)19(31)26-16(20(22,23)24)12-4-2-1-3-5-12/h8-9,12,14-16,25H,1-5,10H2,(H,26,31)(H,29,30)/t14-,15+,16+/m1/s1. The van der Waals surface area contributed by atoms with Crippen LogP contribution in [0.3, 0.4) is 0 Å². The van der Waals surface area contributed by atoms with Crippen LogP contribution in [-0.4, -0.2) is 52.7 Å². The van der Waals surface area contributed by atoms with Crippen LogP contribution in [0.25, 0.3) is 0 Å². The molecule has 3 atom stereocenters. The zero-order chi connectivity index (χ0) is 22.8. The van der Waals surface area contributed by atoms with Crippen LogP contribution in [0.1, 0.15) is 32.1 Å². The second-order valence-electron chi connectivity index (χ2n) is 7.68. The van der Waals surface area contributed by atoms with Gasteiger partial charge in [-0.25, -0.2) is 14.5 Å². The van der Waals surface area contributed by atoms with Crippen LogP contribution in [0.2, 0.25) is 0 Å². The lowest BCUT2D eigenvalue weighted by Crippen LogP contribution is -2.69. The van der Waals surface area contributed by atoms with Gasteiger partial charge in [-0.2, -0.15) is 13.2 Å². The minimum absolute atomic E-state index is 0.300. The van der Waals surface area contributed by atoms with Crippen molar-refractivity contribution in [1.82, 2.24) is 15.5 Å². The van der Waals surface area contributed by atoms with Gasteiger partial charge < -0.3 is 15.7 Å². The molecule has 3 amide bonds. The number of halogens is 4. The van der Waals surface area contributed by atoms with E-state index in [-0.39, 0.29) is 0 Å². The largest absolute Gasteiger partial charge is 0.480 e. The Bertz CT molecular complexity index is 884. The number of aliphatic carboxylic acids is 1. The number of allylic oxidation sites excluding steroid dienone is 2. The Morgan fingerprint density at radius 1 is 1.29 bits per heavy atom. The fraction of sp³-hybridized carbons (Fsp3) is 0.550. The fourth-order valence-electron chi connectivity index (χ4n) is 4.00. The molecule has 2 fully saturated rings. The number of imide groups is 1. The van der Waals surface area contributed by atoms with Crippen LogP contribution in [0, 0.1) is 23.7 Å². The van der Waals surface area contributed by atoms with E-state index >= 15 is 0 Å². The van der Waals surface area contributed by atoms with Crippen molar-refractivity contribution in [3.63, 3.8) is 0 Å². The quantitative estimate of drug-likeness (QED) is 0.445. The number of rotatable bonds is 3. The second kappa shape index (κ2) is 9.22. The third-order valence-corrected chi connectivity index (χ3v) is 5.78. The van der Waals surface area contributed by atoms with E-state index in [1.807, 2.05) is 5.32 Å². The van der Waals surface area contributed by atoms with Crippen LogP contribution in [0.4, 0.5) is 18.0 Å². The van der Waals surface area contributed by atoms with Crippen LogP contribution in [0.5, 0.6) is 0 Å². The van der Waals surface area contributed by atoms with Crippen molar-refractivity contribution in [3.8, 4) is 11.8 Å². The van der Waals surface area contributed by atoms with Crippen molar-refractivity contribution in [2.45, 2.75) is 50.4 Å². The van der Waals surface area contributed by atoms with Crippen LogP contribution < -0.4 is 10.6 Å². The molecular formula is C20H21ClF3N3O4. The number of hydrogen-bond donors (Lipinski definition) is 3. The lowest BCUT2D eigenvalue weighted by Gasteiger charge is -2.42. The number of carbonyl (C=O) groups is 3. The van der Waals surface area contributed by atoms with E-state index in [4.69, 9.17) is 11.6 Å². The first-order valence-electron chi connectivity index (χ1n) is 9.84. The van der Waals surface area contributed by atoms with Crippen LogP contribution in [-0.2, 0) is 9.59 Å². The minimum Gasteiger partial charge on any atom is -0.480 e. The monoisotopic (exact) mass is 459 g/mol. The van der Waals surface area contributed by atoms with E-state index in [9.17, 15) is 32.7 Å². The highest BCUT2D eigenvalue weighted by atomic mass is 35.5. The number of nitrogens with zero attached hydrogens (tertiary/aromatic N) is 1. The number of urea groups is 1. The number of alkyl halides is 3. The van der Waals surface area contributed by atoms with E-state index in [0.29, 0.717) is 47.7 Å². The van der Waals surface area contributed by atoms with Gasteiger partial charge in [0.05, 0.1) is 6.54 Å². The predicted molar refractivity (Wildman–Crippen MR) is 105 cm³/mol. The number of nitrogens with one attached hydrogen (secondary N) is 2. The van der Waals surface area contributed by atoms with Gasteiger partial charge in [0.1, 0.15) is 12.0 Å². The third-order valence-electron chi connectivity index (χ3n) is 5.53. The smallest absolute Gasteiger partial charge is 0.408 e. The first kappa shape index (κ1) is 23.0. The Balaban J connectivity index is 1.74. The van der Waals surface area contributed by atoms with Gasteiger partial charge in [0.15, 0.2) is 6.04 Å². The number of β-lactam (4-membered cyclic amide) rings is 1. The number of carboxylic acid groups (broad SMARTS) is 1. The zero-order valence-corrected chi connectivity index (χ0v) is 17.1. The molecule has 11 heteroatoms. The molecule has 3 N–H and O–H groups in total. The summed E-state index contributed by atoms with van der Waals surface area (Å²) in [5.74, 6) is 0.452. The summed E-state index contributed by atoms with van der Waals surface area (Å²) in [7, 11) is 0. The van der Waals surface area contributed by atoms with Crippen molar-refractivity contribution in [2.75, 3.05) is 6.54 Å². The highest BCUT2D eigenvalue weighted by Gasteiger charge is 2.56. The molecule has 1 aliphatic carbocycles. The molecule has 1 saturated carbocycles. The summed E-state index contributed by atoms with van der Waals surface area (Å²) in [6.45, 7) is 0.405. The second-order valence-corrected chi connectivity index (χ2v) is 8.16. The molecule has 0 radical (unpaired) electrons. The maximum atomic E-state index is 13.6. The topological polar surface area (TPSA) is 98.7 Å². The van der Waals surface area contributed by atoms with Gasteiger partial charge in [0, 0.05) is 16.8 Å². The summed E-state index contributed by atoms with van der Waals surface area (Å²) in [4.78, 5) is 36.8. The number of amides is 3. The molecule has 0 unspecified atom stereocenters. The molecule has 7 nitrogen and oxygen atoms in total. The van der Waals surface area contributed by atoms with Crippen LogP contribution >= 0.6 is 11.6 Å². The summed E-state index contributed by atoms with van der Waals surface area (Å²) in [5, 5.41) is 14.6. The maximum absolute atomic E-state index is 13.6. The molecule has 0 bridgehead atoms. The SMILES string of the molecule is O=C(O)[C@@H]1[C@@H](C#CC2=CNCC(Cl)=C2)C(=O)N1C(=O)N[C@@H](C1CCCCC1)C(F)(F)F. The summed E-state index contributed by atoms with van der Waals surface area (Å²) >= 11 is 5.87. The maximum Gasteiger partial charge on any atom is 0.408 e. The van der Waals surface area contributed by atoms with Crippen molar-refractivity contribution < 1.29 is 32.7 Å². The number of dihydropyridines is 1. The Labute approximate surface area is 181 Å². The molecule has 2 aliphatic heterocycles. The highest BCUT2D eigenvalue weighted by Crippen LogP contribution is 2.35. The Hall–Kier alpha value is -2.67. The Kier molecular flexibility index (Phi) is 6.84. The average molecular weight is 460 g/mol. The molecule has 31 heavy (non-hydrogen) atoms. The van der Waals surface area contributed by atoms with Crippen molar-refractivity contribution in [3.05, 3.63) is 22.9 Å². The van der Waals surface area contributed by atoms with Gasteiger partial charge >= 0.3 is 18.2 Å². The first-order chi connectivity index (χ1) is 14.6. The molecule has 3 rings (SSSR count). The lowest BCUT2D eigenvalue weighted by molar-refractivity contribution is -0.171. The third kappa shape index (κ3) is 5.15. The first-order valence-corrected chi connectivity index (χ1v) is 10.2. The molecule has 0 aromatic carbocycles. The summed E-state index contributed by atoms with van der Waals surface area (Å²) in [5.41, 5.74) is 0.408. The highest BCUT2D eigenvalue weighted by molar-refractivity contribution is 6.30. The fourth-order valence-corrected chi connectivity index (χ4v) is 4.19. The summed E-state index contributed by atoms with van der Waals surface area (Å²) < 4.78 is 40.7. The Morgan fingerprint density at radius 2 is 1.97 bits per heavy atom. The van der Waals surface area contributed by atoms with Crippen molar-refractivity contribution in [2.24, 2.45) is 11.8 Å². The predicted octanol–water partition coefficient (Wildman–Crippen LogP) is 2.73. The van der Waals surface area contributed by atoms with Crippen molar-refractivity contribution >= 4 is 29.5 Å². The molecule has 0 spiro atoms. The summed E-state index contributed by atoms with van der Waals surface area (Å²) in [6, 6.07) is -5.18. The number of likely N-dealkylation sites (tertiary alicyclic amines) is 1. The number of hydrogen-bond acceptors (Lipinski definition) is 4. The number of carbonyl (C=O) groups excluding carboxylic acids is 2. The molecule has 168 valence electrons. The molecule has 0 aromatic heterocycles. The van der Waals surface area contributed by atoms with E-state index in [1.54, 1.807) is 0 Å². The molecule has 1 saturated heterocycles.